The molecule has 0 aromatic rings. The Balaban J connectivity index is 4.04. The smallest absolute Gasteiger partial charge is 0.246 e. The van der Waals surface area contributed by atoms with Gasteiger partial charge in [0.25, 0.3) is 0 Å². The molecule has 0 aliphatic heterocycles. The van der Waals surface area contributed by atoms with Gasteiger partial charge in [-0.2, -0.15) is 0 Å². The number of nitrogens with one attached hydrogen (secondary N) is 1. The molecule has 68 valence electrons. The number of rotatable bonds is 4. The lowest BCUT2D eigenvalue weighted by Gasteiger charge is -2.12. The molecule has 2 amide bonds. The lowest BCUT2D eigenvalue weighted by molar-refractivity contribution is -0.121. The minimum Gasteiger partial charge on any atom is -0.366 e. The van der Waals surface area contributed by atoms with E-state index in [4.69, 9.17) is 5.73 Å². The Kier molecular flexibility index (Phi) is 4.04. The van der Waals surface area contributed by atoms with Crippen LogP contribution in [0.4, 0.5) is 0 Å². The molecule has 0 aromatic carbocycles. The fourth-order valence-electron chi connectivity index (χ4n) is 0.644. The predicted molar refractivity (Wildman–Crippen MR) is 46.2 cm³/mol. The predicted octanol–water partition coefficient (Wildman–Crippen LogP) is -0.0574. The molecule has 4 nitrogen and oxygen atoms in total. The maximum absolute atomic E-state index is 10.8. The number of nitrogens with two attached hydrogens (primary N) is 1. The van der Waals surface area contributed by atoms with Crippen molar-refractivity contribution in [3.63, 3.8) is 0 Å². The van der Waals surface area contributed by atoms with Crippen LogP contribution in [0.5, 0.6) is 0 Å². The normalized spacial score (nSPS) is 11.8. The molecule has 0 saturated heterocycles. The van der Waals surface area contributed by atoms with E-state index in [1.54, 1.807) is 13.8 Å². The van der Waals surface area contributed by atoms with Crippen molar-refractivity contribution < 1.29 is 9.59 Å². The van der Waals surface area contributed by atoms with Gasteiger partial charge in [0.15, 0.2) is 0 Å². The first-order valence-electron chi connectivity index (χ1n) is 3.77. The number of amides is 2. The Bertz CT molecular complexity index is 211. The van der Waals surface area contributed by atoms with Crippen molar-refractivity contribution in [2.45, 2.75) is 26.3 Å². The molecular formula is C8H14N2O2. The van der Waals surface area contributed by atoms with Crippen LogP contribution in [0.25, 0.3) is 0 Å². The van der Waals surface area contributed by atoms with Gasteiger partial charge >= 0.3 is 0 Å². The zero-order valence-electron chi connectivity index (χ0n) is 7.39. The van der Waals surface area contributed by atoms with Crippen molar-refractivity contribution in [3.8, 4) is 0 Å². The molecule has 0 spiro atoms. The van der Waals surface area contributed by atoms with E-state index in [0.29, 0.717) is 6.42 Å². The van der Waals surface area contributed by atoms with E-state index in [2.05, 4.69) is 11.9 Å². The summed E-state index contributed by atoms with van der Waals surface area (Å²) in [7, 11) is 0. The Morgan fingerprint density at radius 2 is 2.08 bits per heavy atom. The highest BCUT2D eigenvalue weighted by atomic mass is 16.2. The summed E-state index contributed by atoms with van der Waals surface area (Å²) >= 11 is 0. The summed E-state index contributed by atoms with van der Waals surface area (Å²) in [4.78, 5) is 21.4. The second-order valence-corrected chi connectivity index (χ2v) is 2.53. The quantitative estimate of drug-likeness (QED) is 0.580. The Morgan fingerprint density at radius 3 is 2.42 bits per heavy atom. The molecule has 4 heteroatoms. The fourth-order valence-corrected chi connectivity index (χ4v) is 0.644. The molecule has 12 heavy (non-hydrogen) atoms. The fraction of sp³-hybridized carbons (Fsp3) is 0.500. The van der Waals surface area contributed by atoms with Crippen LogP contribution in [-0.4, -0.2) is 17.9 Å². The van der Waals surface area contributed by atoms with E-state index in [0.717, 1.165) is 0 Å². The highest BCUT2D eigenvalue weighted by molar-refractivity contribution is 5.93. The second-order valence-electron chi connectivity index (χ2n) is 2.53. The van der Waals surface area contributed by atoms with Gasteiger partial charge in [-0.15, -0.1) is 0 Å². The van der Waals surface area contributed by atoms with E-state index >= 15 is 0 Å². The van der Waals surface area contributed by atoms with Crippen LogP contribution >= 0.6 is 0 Å². The molecule has 0 rings (SSSR count). The van der Waals surface area contributed by atoms with Gasteiger partial charge in [0.05, 0.1) is 6.04 Å². The zero-order valence-corrected chi connectivity index (χ0v) is 7.39. The average Bonchev–Trinajstić information content (AvgIpc) is 2.02. The standard InChI is InChI=1S/C8H14N2O2/c1-4-7(11)10-6(3)5(2)8(9)12/h6H,2,4H2,1,3H3,(H2,9,12)(H,10,11). The molecular weight excluding hydrogens is 156 g/mol. The number of hydrogen-bond acceptors (Lipinski definition) is 2. The summed E-state index contributed by atoms with van der Waals surface area (Å²) in [6.45, 7) is 6.85. The highest BCUT2D eigenvalue weighted by Gasteiger charge is 2.12. The minimum atomic E-state index is -0.584. The van der Waals surface area contributed by atoms with E-state index in [-0.39, 0.29) is 17.5 Å². The van der Waals surface area contributed by atoms with Crippen LogP contribution in [0.2, 0.25) is 0 Å². The Labute approximate surface area is 71.8 Å². The van der Waals surface area contributed by atoms with Crippen molar-refractivity contribution in [2.24, 2.45) is 5.73 Å². The topological polar surface area (TPSA) is 72.2 Å². The molecule has 0 saturated carbocycles. The van der Waals surface area contributed by atoms with Gasteiger partial charge in [0.1, 0.15) is 0 Å². The van der Waals surface area contributed by atoms with Gasteiger partial charge in [-0.05, 0) is 6.92 Å². The van der Waals surface area contributed by atoms with Gasteiger partial charge in [0.2, 0.25) is 11.8 Å². The van der Waals surface area contributed by atoms with Crippen molar-refractivity contribution in [1.29, 1.82) is 0 Å². The van der Waals surface area contributed by atoms with E-state index < -0.39 is 5.91 Å². The van der Waals surface area contributed by atoms with Crippen LogP contribution < -0.4 is 11.1 Å². The molecule has 0 heterocycles. The first kappa shape index (κ1) is 10.7. The first-order valence-corrected chi connectivity index (χ1v) is 3.77. The Hall–Kier alpha value is -1.32. The number of hydrogen-bond donors (Lipinski definition) is 2. The minimum absolute atomic E-state index is 0.120. The van der Waals surface area contributed by atoms with Crippen LogP contribution in [-0.2, 0) is 9.59 Å². The van der Waals surface area contributed by atoms with Gasteiger partial charge in [0, 0.05) is 12.0 Å². The van der Waals surface area contributed by atoms with Crippen molar-refractivity contribution in [2.75, 3.05) is 0 Å². The summed E-state index contributed by atoms with van der Waals surface area (Å²) in [5.41, 5.74) is 5.18. The zero-order chi connectivity index (χ0) is 9.72. The van der Waals surface area contributed by atoms with Crippen molar-refractivity contribution in [3.05, 3.63) is 12.2 Å². The van der Waals surface area contributed by atoms with Crippen LogP contribution in [0.3, 0.4) is 0 Å². The SMILES string of the molecule is C=C(C(N)=O)C(C)NC(=O)CC. The number of carbonyl (C=O) groups is 2. The van der Waals surface area contributed by atoms with Crippen molar-refractivity contribution in [1.82, 2.24) is 5.32 Å². The first-order chi connectivity index (χ1) is 5.49. The third-order valence-corrected chi connectivity index (χ3v) is 1.54. The van der Waals surface area contributed by atoms with Gasteiger partial charge in [-0.1, -0.05) is 13.5 Å². The lowest BCUT2D eigenvalue weighted by Crippen LogP contribution is -2.37. The number of primary amides is 1. The molecule has 0 fully saturated rings. The largest absolute Gasteiger partial charge is 0.366 e. The summed E-state index contributed by atoms with van der Waals surface area (Å²) in [6, 6.07) is -0.380. The lowest BCUT2D eigenvalue weighted by atomic mass is 10.1. The van der Waals surface area contributed by atoms with Crippen LogP contribution in [0.15, 0.2) is 12.2 Å². The van der Waals surface area contributed by atoms with Crippen LogP contribution in [0.1, 0.15) is 20.3 Å². The molecule has 0 radical (unpaired) electrons. The molecule has 0 bridgehead atoms. The molecule has 1 unspecified atom stereocenters. The third-order valence-electron chi connectivity index (χ3n) is 1.54. The average molecular weight is 170 g/mol. The molecule has 1 atom stereocenters. The highest BCUT2D eigenvalue weighted by Crippen LogP contribution is 1.97. The molecule has 0 aromatic heterocycles. The van der Waals surface area contributed by atoms with Crippen LogP contribution in [0, 0.1) is 0 Å². The molecule has 0 aliphatic rings. The summed E-state index contributed by atoms with van der Waals surface area (Å²) < 4.78 is 0. The number of carbonyl (C=O) groups excluding carboxylic acids is 2. The summed E-state index contributed by atoms with van der Waals surface area (Å²) in [6.07, 6.45) is 0.385. The monoisotopic (exact) mass is 170 g/mol. The maximum atomic E-state index is 10.8. The third kappa shape index (κ3) is 3.18. The molecule has 0 aliphatic carbocycles. The van der Waals surface area contributed by atoms with E-state index in [1.165, 1.54) is 0 Å². The van der Waals surface area contributed by atoms with Gasteiger partial charge in [-0.25, -0.2) is 0 Å². The van der Waals surface area contributed by atoms with Crippen molar-refractivity contribution >= 4 is 11.8 Å². The second kappa shape index (κ2) is 4.54. The Morgan fingerprint density at radius 1 is 1.58 bits per heavy atom. The van der Waals surface area contributed by atoms with Gasteiger partial charge < -0.3 is 11.1 Å². The summed E-state index contributed by atoms with van der Waals surface area (Å²) in [5.74, 6) is -0.705. The van der Waals surface area contributed by atoms with E-state index in [9.17, 15) is 9.59 Å². The van der Waals surface area contributed by atoms with Gasteiger partial charge in [-0.3, -0.25) is 9.59 Å². The maximum Gasteiger partial charge on any atom is 0.246 e. The van der Waals surface area contributed by atoms with E-state index in [1.807, 2.05) is 0 Å². The summed E-state index contributed by atoms with van der Waals surface area (Å²) in [5, 5.41) is 2.57. The molecule has 3 N–H and O–H groups in total.